The third-order valence-corrected chi connectivity index (χ3v) is 7.00. The molecule has 2 fully saturated rings. The van der Waals surface area contributed by atoms with Gasteiger partial charge in [-0.15, -0.1) is 0 Å². The van der Waals surface area contributed by atoms with Gasteiger partial charge in [0.1, 0.15) is 0 Å². The molecule has 5 nitrogen and oxygen atoms in total. The second kappa shape index (κ2) is 8.32. The average Bonchev–Trinajstić information content (AvgIpc) is 2.80. The molecule has 2 aliphatic heterocycles. The number of amides is 1. The van der Waals surface area contributed by atoms with Crippen LogP contribution in [0.15, 0.2) is 30.3 Å². The zero-order chi connectivity index (χ0) is 17.7. The minimum atomic E-state index is -2.97. The van der Waals surface area contributed by atoms with Crippen LogP contribution >= 0.6 is 0 Å². The van der Waals surface area contributed by atoms with E-state index in [1.807, 2.05) is 35.2 Å². The molecule has 2 saturated heterocycles. The third kappa shape index (κ3) is 5.28. The van der Waals surface area contributed by atoms with Crippen LogP contribution in [0.5, 0.6) is 0 Å². The molecular formula is C19H28N2O3S. The highest BCUT2D eigenvalue weighted by molar-refractivity contribution is 7.91. The SMILES string of the molecule is O=C(CN(Cc1ccccc1)[C@H]1CCS(=O)(=O)C1)N1CCCCCC1. The molecule has 0 unspecified atom stereocenters. The van der Waals surface area contributed by atoms with Crippen molar-refractivity contribution in [1.29, 1.82) is 0 Å². The standard InChI is InChI=1S/C19H28N2O3S/c22-19(20-11-6-1-2-7-12-20)15-21(14-17-8-4-3-5-9-17)18-10-13-25(23,24)16-18/h3-5,8-9,18H,1-2,6-7,10-16H2/t18-/m0/s1. The Balaban J connectivity index is 1.70. The van der Waals surface area contributed by atoms with E-state index in [-0.39, 0.29) is 23.5 Å². The highest BCUT2D eigenvalue weighted by Crippen LogP contribution is 2.21. The lowest BCUT2D eigenvalue weighted by Crippen LogP contribution is -2.45. The van der Waals surface area contributed by atoms with Crippen LogP contribution in [0.1, 0.15) is 37.7 Å². The van der Waals surface area contributed by atoms with Crippen molar-refractivity contribution in [2.75, 3.05) is 31.1 Å². The molecule has 1 amide bonds. The van der Waals surface area contributed by atoms with Crippen LogP contribution in [0, 0.1) is 0 Å². The van der Waals surface area contributed by atoms with Crippen molar-refractivity contribution in [3.63, 3.8) is 0 Å². The van der Waals surface area contributed by atoms with E-state index in [1.165, 1.54) is 12.8 Å². The van der Waals surface area contributed by atoms with Gasteiger partial charge < -0.3 is 4.90 Å². The van der Waals surface area contributed by atoms with Gasteiger partial charge in [0.05, 0.1) is 18.1 Å². The lowest BCUT2D eigenvalue weighted by atomic mass is 10.1. The van der Waals surface area contributed by atoms with Gasteiger partial charge >= 0.3 is 0 Å². The molecule has 0 spiro atoms. The molecule has 1 aromatic rings. The van der Waals surface area contributed by atoms with E-state index in [2.05, 4.69) is 4.90 Å². The number of hydrogen-bond donors (Lipinski definition) is 0. The first-order valence-electron chi connectivity index (χ1n) is 9.30. The zero-order valence-corrected chi connectivity index (χ0v) is 15.6. The predicted molar refractivity (Wildman–Crippen MR) is 99.0 cm³/mol. The highest BCUT2D eigenvalue weighted by Gasteiger charge is 2.33. The summed E-state index contributed by atoms with van der Waals surface area (Å²) in [6.07, 6.45) is 5.16. The van der Waals surface area contributed by atoms with Crippen molar-refractivity contribution >= 4 is 15.7 Å². The maximum atomic E-state index is 12.8. The Morgan fingerprint density at radius 1 is 1.08 bits per heavy atom. The van der Waals surface area contributed by atoms with E-state index in [0.29, 0.717) is 19.5 Å². The molecule has 6 heteroatoms. The minimum Gasteiger partial charge on any atom is -0.342 e. The number of benzene rings is 1. The molecule has 0 aromatic heterocycles. The quantitative estimate of drug-likeness (QED) is 0.803. The van der Waals surface area contributed by atoms with Crippen LogP contribution < -0.4 is 0 Å². The van der Waals surface area contributed by atoms with Gasteiger partial charge in [-0.2, -0.15) is 0 Å². The summed E-state index contributed by atoms with van der Waals surface area (Å²) in [6, 6.07) is 9.95. The summed E-state index contributed by atoms with van der Waals surface area (Å²) in [4.78, 5) is 16.8. The molecule has 0 aliphatic carbocycles. The van der Waals surface area contributed by atoms with E-state index >= 15 is 0 Å². The average molecular weight is 365 g/mol. The first kappa shape index (κ1) is 18.4. The van der Waals surface area contributed by atoms with Crippen LogP contribution in [-0.2, 0) is 21.2 Å². The first-order chi connectivity index (χ1) is 12.0. The second-order valence-corrected chi connectivity index (χ2v) is 9.47. The maximum absolute atomic E-state index is 12.8. The second-order valence-electron chi connectivity index (χ2n) is 7.24. The summed E-state index contributed by atoms with van der Waals surface area (Å²) in [5, 5.41) is 0. The molecular weight excluding hydrogens is 336 g/mol. The molecule has 1 atom stereocenters. The number of carbonyl (C=O) groups excluding carboxylic acids is 1. The number of sulfone groups is 1. The summed E-state index contributed by atoms with van der Waals surface area (Å²) >= 11 is 0. The molecule has 0 bridgehead atoms. The lowest BCUT2D eigenvalue weighted by Gasteiger charge is -2.30. The molecule has 1 aromatic carbocycles. The molecule has 0 N–H and O–H groups in total. The van der Waals surface area contributed by atoms with Crippen LogP contribution in [0.2, 0.25) is 0 Å². The zero-order valence-electron chi connectivity index (χ0n) is 14.8. The van der Waals surface area contributed by atoms with Gasteiger partial charge in [-0.05, 0) is 24.8 Å². The van der Waals surface area contributed by atoms with Gasteiger partial charge in [0.15, 0.2) is 9.84 Å². The van der Waals surface area contributed by atoms with Gasteiger partial charge in [0.25, 0.3) is 0 Å². The largest absolute Gasteiger partial charge is 0.342 e. The number of hydrogen-bond acceptors (Lipinski definition) is 4. The Morgan fingerprint density at radius 3 is 2.36 bits per heavy atom. The van der Waals surface area contributed by atoms with Crippen molar-refractivity contribution in [3.8, 4) is 0 Å². The predicted octanol–water partition coefficient (Wildman–Crippen LogP) is 2.08. The number of carbonyl (C=O) groups is 1. The monoisotopic (exact) mass is 364 g/mol. The van der Waals surface area contributed by atoms with Crippen LogP contribution in [0.3, 0.4) is 0 Å². The molecule has 3 rings (SSSR count). The number of likely N-dealkylation sites (tertiary alicyclic amines) is 1. The van der Waals surface area contributed by atoms with Crippen LogP contribution in [0.25, 0.3) is 0 Å². The van der Waals surface area contributed by atoms with E-state index in [9.17, 15) is 13.2 Å². The summed E-state index contributed by atoms with van der Waals surface area (Å²) < 4.78 is 23.8. The fraction of sp³-hybridized carbons (Fsp3) is 0.632. The maximum Gasteiger partial charge on any atom is 0.236 e. The topological polar surface area (TPSA) is 57.7 Å². The fourth-order valence-corrected chi connectivity index (χ4v) is 5.55. The summed E-state index contributed by atoms with van der Waals surface area (Å²) in [7, 11) is -2.97. The fourth-order valence-electron chi connectivity index (χ4n) is 3.79. The van der Waals surface area contributed by atoms with Gasteiger partial charge in [0.2, 0.25) is 5.91 Å². The Labute approximate surface area is 150 Å². The molecule has 138 valence electrons. The van der Waals surface area contributed by atoms with Crippen molar-refractivity contribution in [2.24, 2.45) is 0 Å². The summed E-state index contributed by atoms with van der Waals surface area (Å²) in [5.41, 5.74) is 1.12. The molecule has 0 saturated carbocycles. The number of nitrogens with zero attached hydrogens (tertiary/aromatic N) is 2. The van der Waals surface area contributed by atoms with Gasteiger partial charge in [0, 0.05) is 25.7 Å². The molecule has 25 heavy (non-hydrogen) atoms. The minimum absolute atomic E-state index is 0.0545. The van der Waals surface area contributed by atoms with Crippen molar-refractivity contribution in [1.82, 2.24) is 9.80 Å². The normalized spacial score (nSPS) is 23.6. The van der Waals surface area contributed by atoms with Crippen LogP contribution in [0.4, 0.5) is 0 Å². The molecule has 2 heterocycles. The first-order valence-corrected chi connectivity index (χ1v) is 11.1. The van der Waals surface area contributed by atoms with E-state index < -0.39 is 9.84 Å². The van der Waals surface area contributed by atoms with E-state index in [1.54, 1.807) is 0 Å². The lowest BCUT2D eigenvalue weighted by molar-refractivity contribution is -0.133. The molecule has 0 radical (unpaired) electrons. The van der Waals surface area contributed by atoms with Crippen LogP contribution in [-0.4, -0.2) is 61.3 Å². The smallest absolute Gasteiger partial charge is 0.236 e. The van der Waals surface area contributed by atoms with Gasteiger partial charge in [-0.1, -0.05) is 43.2 Å². The van der Waals surface area contributed by atoms with Gasteiger partial charge in [-0.25, -0.2) is 8.42 Å². The number of rotatable bonds is 5. The Bertz CT molecular complexity index is 667. The summed E-state index contributed by atoms with van der Waals surface area (Å²) in [6.45, 7) is 2.61. The Hall–Kier alpha value is -1.40. The summed E-state index contributed by atoms with van der Waals surface area (Å²) in [5.74, 6) is 0.552. The third-order valence-electron chi connectivity index (χ3n) is 5.25. The van der Waals surface area contributed by atoms with Crippen molar-refractivity contribution in [3.05, 3.63) is 35.9 Å². The van der Waals surface area contributed by atoms with E-state index in [4.69, 9.17) is 0 Å². The Morgan fingerprint density at radius 2 is 1.76 bits per heavy atom. The van der Waals surface area contributed by atoms with Crippen molar-refractivity contribution < 1.29 is 13.2 Å². The van der Waals surface area contributed by atoms with E-state index in [0.717, 1.165) is 31.5 Å². The Kier molecular flexibility index (Phi) is 6.12. The molecule has 2 aliphatic rings. The van der Waals surface area contributed by atoms with Gasteiger partial charge in [-0.3, -0.25) is 9.69 Å². The highest BCUT2D eigenvalue weighted by atomic mass is 32.2. The van der Waals surface area contributed by atoms with Crippen molar-refractivity contribution in [2.45, 2.75) is 44.7 Å².